The summed E-state index contributed by atoms with van der Waals surface area (Å²) in [5, 5.41) is 3.41. The van der Waals surface area contributed by atoms with Gasteiger partial charge in [-0.2, -0.15) is 0 Å². The molecule has 0 radical (unpaired) electrons. The number of nitrogens with one attached hydrogen (secondary N) is 1. The van der Waals surface area contributed by atoms with Gasteiger partial charge in [-0.1, -0.05) is 29.3 Å². The van der Waals surface area contributed by atoms with E-state index < -0.39 is 6.10 Å². The number of carbonyl (C=O) groups excluding carboxylic acids is 1. The van der Waals surface area contributed by atoms with Gasteiger partial charge in [-0.05, 0) is 50.2 Å². The van der Waals surface area contributed by atoms with E-state index >= 15 is 0 Å². The third kappa shape index (κ3) is 4.00. The van der Waals surface area contributed by atoms with Gasteiger partial charge in [0, 0.05) is 10.7 Å². The van der Waals surface area contributed by atoms with Gasteiger partial charge in [0.25, 0.3) is 5.91 Å². The molecule has 1 amide bonds. The predicted molar refractivity (Wildman–Crippen MR) is 81.4 cm³/mol. The molecule has 4 heteroatoms. The Morgan fingerprint density at radius 3 is 2.30 bits per heavy atom. The number of amides is 1. The van der Waals surface area contributed by atoms with Gasteiger partial charge in [0.2, 0.25) is 0 Å². The van der Waals surface area contributed by atoms with Crippen molar-refractivity contribution in [3.8, 4) is 5.75 Å². The number of halogens is 1. The minimum absolute atomic E-state index is 0.201. The lowest BCUT2D eigenvalue weighted by Crippen LogP contribution is -2.30. The van der Waals surface area contributed by atoms with Crippen LogP contribution in [0.25, 0.3) is 0 Å². The summed E-state index contributed by atoms with van der Waals surface area (Å²) in [6.45, 7) is 3.71. The van der Waals surface area contributed by atoms with Gasteiger partial charge in [-0.25, -0.2) is 0 Å². The molecule has 0 aliphatic heterocycles. The molecule has 3 nitrogen and oxygen atoms in total. The standard InChI is InChI=1S/C16H16ClNO2/c1-11-3-9-15(10-4-11)20-12(2)16(19)18-14-7-5-13(17)6-8-14/h3-10,12H,1-2H3,(H,18,19)/t12-/m1/s1. The monoisotopic (exact) mass is 289 g/mol. The largest absolute Gasteiger partial charge is 0.481 e. The summed E-state index contributed by atoms with van der Waals surface area (Å²) in [6.07, 6.45) is -0.576. The minimum atomic E-state index is -0.576. The second-order valence-corrected chi connectivity index (χ2v) is 5.01. The van der Waals surface area contributed by atoms with Gasteiger partial charge in [0.05, 0.1) is 0 Å². The van der Waals surface area contributed by atoms with Crippen molar-refractivity contribution in [3.63, 3.8) is 0 Å². The number of hydrogen-bond donors (Lipinski definition) is 1. The van der Waals surface area contributed by atoms with Crippen LogP contribution in [0.2, 0.25) is 5.02 Å². The van der Waals surface area contributed by atoms with E-state index in [0.717, 1.165) is 5.56 Å². The van der Waals surface area contributed by atoms with E-state index in [4.69, 9.17) is 16.3 Å². The van der Waals surface area contributed by atoms with Crippen LogP contribution in [0, 0.1) is 6.92 Å². The van der Waals surface area contributed by atoms with E-state index in [1.165, 1.54) is 0 Å². The summed E-state index contributed by atoms with van der Waals surface area (Å²) in [7, 11) is 0. The molecule has 104 valence electrons. The summed E-state index contributed by atoms with van der Waals surface area (Å²) in [5.74, 6) is 0.474. The van der Waals surface area contributed by atoms with Crippen LogP contribution in [0.5, 0.6) is 5.75 Å². The molecular weight excluding hydrogens is 274 g/mol. The van der Waals surface area contributed by atoms with Gasteiger partial charge in [-0.3, -0.25) is 4.79 Å². The highest BCUT2D eigenvalue weighted by molar-refractivity contribution is 6.30. The van der Waals surface area contributed by atoms with Gasteiger partial charge in [0.1, 0.15) is 5.75 Å². The van der Waals surface area contributed by atoms with Crippen LogP contribution >= 0.6 is 11.6 Å². The number of ether oxygens (including phenoxy) is 1. The fraction of sp³-hybridized carbons (Fsp3) is 0.188. The van der Waals surface area contributed by atoms with E-state index in [1.54, 1.807) is 31.2 Å². The lowest BCUT2D eigenvalue weighted by molar-refractivity contribution is -0.122. The Hall–Kier alpha value is -2.00. The van der Waals surface area contributed by atoms with Crippen LogP contribution in [0.4, 0.5) is 5.69 Å². The molecule has 0 fully saturated rings. The molecule has 2 aromatic rings. The molecule has 0 aliphatic rings. The summed E-state index contributed by atoms with van der Waals surface area (Å²) in [6, 6.07) is 14.5. The highest BCUT2D eigenvalue weighted by atomic mass is 35.5. The average Bonchev–Trinajstić information content (AvgIpc) is 2.44. The molecule has 0 aliphatic carbocycles. The van der Waals surface area contributed by atoms with Crippen LogP contribution in [0.1, 0.15) is 12.5 Å². The molecule has 0 bridgehead atoms. The zero-order valence-electron chi connectivity index (χ0n) is 11.4. The SMILES string of the molecule is Cc1ccc(O[C@H](C)C(=O)Nc2ccc(Cl)cc2)cc1. The summed E-state index contributed by atoms with van der Waals surface area (Å²) >= 11 is 5.79. The Balaban J connectivity index is 1.94. The molecule has 0 saturated heterocycles. The second-order valence-electron chi connectivity index (χ2n) is 4.57. The normalized spacial score (nSPS) is 11.8. The maximum absolute atomic E-state index is 12.0. The predicted octanol–water partition coefficient (Wildman–Crippen LogP) is 4.05. The fourth-order valence-corrected chi connectivity index (χ4v) is 1.78. The van der Waals surface area contributed by atoms with Gasteiger partial charge < -0.3 is 10.1 Å². The Morgan fingerprint density at radius 2 is 1.70 bits per heavy atom. The first kappa shape index (κ1) is 14.4. The molecule has 2 aromatic carbocycles. The van der Waals surface area contributed by atoms with Crippen molar-refractivity contribution in [2.45, 2.75) is 20.0 Å². The molecule has 2 rings (SSSR count). The number of rotatable bonds is 4. The van der Waals surface area contributed by atoms with Gasteiger partial charge in [-0.15, -0.1) is 0 Å². The third-order valence-corrected chi connectivity index (χ3v) is 3.07. The number of aryl methyl sites for hydroxylation is 1. The number of carbonyl (C=O) groups is 1. The van der Waals surface area contributed by atoms with Crippen LogP contribution in [-0.4, -0.2) is 12.0 Å². The van der Waals surface area contributed by atoms with Crippen molar-refractivity contribution < 1.29 is 9.53 Å². The first-order chi connectivity index (χ1) is 9.54. The lowest BCUT2D eigenvalue weighted by atomic mass is 10.2. The van der Waals surface area contributed by atoms with E-state index in [0.29, 0.717) is 16.5 Å². The Morgan fingerprint density at radius 1 is 1.10 bits per heavy atom. The topological polar surface area (TPSA) is 38.3 Å². The Kier molecular flexibility index (Phi) is 4.64. The zero-order chi connectivity index (χ0) is 14.5. The summed E-state index contributed by atoms with van der Waals surface area (Å²) in [5.41, 5.74) is 1.84. The first-order valence-corrected chi connectivity index (χ1v) is 6.72. The molecule has 1 atom stereocenters. The van der Waals surface area contributed by atoms with Crippen molar-refractivity contribution >= 4 is 23.2 Å². The van der Waals surface area contributed by atoms with Crippen molar-refractivity contribution in [1.29, 1.82) is 0 Å². The quantitative estimate of drug-likeness (QED) is 0.922. The molecule has 0 heterocycles. The summed E-state index contributed by atoms with van der Waals surface area (Å²) < 4.78 is 5.59. The molecule has 0 saturated carbocycles. The van der Waals surface area contributed by atoms with Gasteiger partial charge in [0.15, 0.2) is 6.10 Å². The van der Waals surface area contributed by atoms with Crippen molar-refractivity contribution in [2.75, 3.05) is 5.32 Å². The number of hydrogen-bond acceptors (Lipinski definition) is 2. The Labute approximate surface area is 123 Å². The lowest BCUT2D eigenvalue weighted by Gasteiger charge is -2.15. The molecule has 0 spiro atoms. The van der Waals surface area contributed by atoms with Crippen LogP contribution in [0.15, 0.2) is 48.5 Å². The highest BCUT2D eigenvalue weighted by Gasteiger charge is 2.14. The fourth-order valence-electron chi connectivity index (χ4n) is 1.65. The van der Waals surface area contributed by atoms with E-state index in [1.807, 2.05) is 31.2 Å². The number of anilines is 1. The third-order valence-electron chi connectivity index (χ3n) is 2.81. The minimum Gasteiger partial charge on any atom is -0.481 e. The second kappa shape index (κ2) is 6.44. The van der Waals surface area contributed by atoms with Crippen LogP contribution < -0.4 is 10.1 Å². The smallest absolute Gasteiger partial charge is 0.265 e. The molecule has 20 heavy (non-hydrogen) atoms. The number of benzene rings is 2. The van der Waals surface area contributed by atoms with E-state index in [9.17, 15) is 4.79 Å². The maximum atomic E-state index is 12.0. The molecule has 0 aromatic heterocycles. The van der Waals surface area contributed by atoms with Crippen molar-refractivity contribution in [1.82, 2.24) is 0 Å². The summed E-state index contributed by atoms with van der Waals surface area (Å²) in [4.78, 5) is 12.0. The van der Waals surface area contributed by atoms with E-state index in [-0.39, 0.29) is 5.91 Å². The van der Waals surface area contributed by atoms with E-state index in [2.05, 4.69) is 5.32 Å². The first-order valence-electron chi connectivity index (χ1n) is 6.34. The highest BCUT2D eigenvalue weighted by Crippen LogP contribution is 2.16. The maximum Gasteiger partial charge on any atom is 0.265 e. The zero-order valence-corrected chi connectivity index (χ0v) is 12.1. The van der Waals surface area contributed by atoms with Crippen LogP contribution in [0.3, 0.4) is 0 Å². The van der Waals surface area contributed by atoms with Gasteiger partial charge >= 0.3 is 0 Å². The average molecular weight is 290 g/mol. The van der Waals surface area contributed by atoms with Crippen molar-refractivity contribution in [3.05, 3.63) is 59.1 Å². The molecule has 0 unspecified atom stereocenters. The molecule has 1 N–H and O–H groups in total. The Bertz CT molecular complexity index is 578. The van der Waals surface area contributed by atoms with Crippen LogP contribution in [-0.2, 0) is 4.79 Å². The molecular formula is C16H16ClNO2. The van der Waals surface area contributed by atoms with Crippen molar-refractivity contribution in [2.24, 2.45) is 0 Å².